The van der Waals surface area contributed by atoms with Gasteiger partial charge in [0.25, 0.3) is 5.91 Å². The minimum Gasteiger partial charge on any atom is -0.337 e. The molecule has 0 aliphatic carbocycles. The number of halogens is 1. The van der Waals surface area contributed by atoms with E-state index in [1.54, 1.807) is 12.1 Å². The van der Waals surface area contributed by atoms with Crippen LogP contribution in [0.2, 0.25) is 5.02 Å². The lowest BCUT2D eigenvalue weighted by atomic mass is 10.1. The topological polar surface area (TPSA) is 62.3 Å². The smallest absolute Gasteiger partial charge is 0.253 e. The Balaban J connectivity index is 1.40. The van der Waals surface area contributed by atoms with Crippen molar-refractivity contribution in [2.75, 3.05) is 29.9 Å². The average molecular weight is 472 g/mol. The van der Waals surface area contributed by atoms with Gasteiger partial charge in [-0.15, -0.1) is 11.3 Å². The fourth-order valence-corrected chi connectivity index (χ4v) is 5.43. The van der Waals surface area contributed by atoms with Crippen LogP contribution < -0.4 is 5.32 Å². The van der Waals surface area contributed by atoms with Crippen molar-refractivity contribution in [3.05, 3.63) is 69.7 Å². The van der Waals surface area contributed by atoms with Crippen LogP contribution >= 0.6 is 34.7 Å². The number of aromatic nitrogens is 1. The first-order chi connectivity index (χ1) is 15.0. The van der Waals surface area contributed by atoms with E-state index in [2.05, 4.69) is 10.3 Å². The van der Waals surface area contributed by atoms with Crippen LogP contribution in [0.1, 0.15) is 21.6 Å². The van der Waals surface area contributed by atoms with E-state index in [1.807, 2.05) is 59.3 Å². The number of nitrogens with zero attached hydrogens (tertiary/aromatic N) is 2. The van der Waals surface area contributed by atoms with Gasteiger partial charge in [-0.3, -0.25) is 9.59 Å². The van der Waals surface area contributed by atoms with Crippen LogP contribution in [0.3, 0.4) is 0 Å². The molecular formula is C23H22ClN3O2S2. The first-order valence-electron chi connectivity index (χ1n) is 9.98. The number of hydrogen-bond donors (Lipinski definition) is 1. The number of aryl methyl sites for hydroxylation is 1. The zero-order valence-electron chi connectivity index (χ0n) is 17.1. The second-order valence-corrected chi connectivity index (χ2v) is 9.77. The van der Waals surface area contributed by atoms with Crippen LogP contribution in [0, 0.1) is 6.92 Å². The molecule has 1 fully saturated rings. The SMILES string of the molecule is Cc1cc(C(=O)N2CCSCC2)ccc1NC(=O)Cc1csc(-c2ccccc2Cl)n1. The van der Waals surface area contributed by atoms with Gasteiger partial charge >= 0.3 is 0 Å². The Morgan fingerprint density at radius 3 is 2.68 bits per heavy atom. The Morgan fingerprint density at radius 2 is 1.94 bits per heavy atom. The summed E-state index contributed by atoms with van der Waals surface area (Å²) in [5.41, 5.74) is 3.79. The molecule has 8 heteroatoms. The fraction of sp³-hybridized carbons (Fsp3) is 0.261. The van der Waals surface area contributed by atoms with E-state index in [0.717, 1.165) is 40.7 Å². The molecule has 1 aliphatic heterocycles. The summed E-state index contributed by atoms with van der Waals surface area (Å²) in [7, 11) is 0. The predicted molar refractivity (Wildman–Crippen MR) is 129 cm³/mol. The first kappa shape index (κ1) is 21.9. The highest BCUT2D eigenvalue weighted by Crippen LogP contribution is 2.30. The summed E-state index contributed by atoms with van der Waals surface area (Å²) >= 11 is 9.58. The third-order valence-corrected chi connectivity index (χ3v) is 7.24. The molecule has 0 atom stereocenters. The van der Waals surface area contributed by atoms with Gasteiger partial charge < -0.3 is 10.2 Å². The monoisotopic (exact) mass is 471 g/mol. The first-order valence-corrected chi connectivity index (χ1v) is 12.4. The molecule has 1 aromatic heterocycles. The molecule has 0 saturated carbocycles. The summed E-state index contributed by atoms with van der Waals surface area (Å²) in [5, 5.41) is 6.25. The molecule has 2 heterocycles. The van der Waals surface area contributed by atoms with E-state index < -0.39 is 0 Å². The molecule has 1 N–H and O–H groups in total. The van der Waals surface area contributed by atoms with Crippen LogP contribution in [0.15, 0.2) is 47.8 Å². The number of thioether (sulfide) groups is 1. The van der Waals surface area contributed by atoms with Crippen molar-refractivity contribution in [1.82, 2.24) is 9.88 Å². The predicted octanol–water partition coefficient (Wildman–Crippen LogP) is 5.14. The summed E-state index contributed by atoms with van der Waals surface area (Å²) in [6.07, 6.45) is 0.173. The van der Waals surface area contributed by atoms with Gasteiger partial charge in [-0.1, -0.05) is 29.8 Å². The number of amides is 2. The van der Waals surface area contributed by atoms with Gasteiger partial charge in [-0.05, 0) is 36.8 Å². The minimum atomic E-state index is -0.147. The lowest BCUT2D eigenvalue weighted by Gasteiger charge is -2.26. The van der Waals surface area contributed by atoms with Crippen LogP contribution in [-0.2, 0) is 11.2 Å². The summed E-state index contributed by atoms with van der Waals surface area (Å²) in [6.45, 7) is 3.46. The van der Waals surface area contributed by atoms with E-state index in [0.29, 0.717) is 22.0 Å². The number of benzene rings is 2. The van der Waals surface area contributed by atoms with Gasteiger partial charge in [-0.2, -0.15) is 11.8 Å². The van der Waals surface area contributed by atoms with Gasteiger partial charge in [0, 0.05) is 46.8 Å². The number of hydrogen-bond acceptors (Lipinski definition) is 5. The average Bonchev–Trinajstić information content (AvgIpc) is 3.23. The van der Waals surface area contributed by atoms with Gasteiger partial charge in [0.2, 0.25) is 5.91 Å². The van der Waals surface area contributed by atoms with Gasteiger partial charge in [0.05, 0.1) is 17.1 Å². The Kier molecular flexibility index (Phi) is 6.95. The Bertz CT molecular complexity index is 1110. The van der Waals surface area contributed by atoms with E-state index in [1.165, 1.54) is 11.3 Å². The third-order valence-electron chi connectivity index (χ3n) is 5.04. The van der Waals surface area contributed by atoms with Crippen molar-refractivity contribution in [3.8, 4) is 10.6 Å². The lowest BCUT2D eigenvalue weighted by Crippen LogP contribution is -2.37. The Labute approximate surface area is 194 Å². The van der Waals surface area contributed by atoms with Crippen molar-refractivity contribution >= 4 is 52.2 Å². The molecule has 160 valence electrons. The summed E-state index contributed by atoms with van der Waals surface area (Å²) in [5.74, 6) is 1.86. The van der Waals surface area contributed by atoms with E-state index in [-0.39, 0.29) is 18.2 Å². The molecule has 1 aliphatic rings. The van der Waals surface area contributed by atoms with E-state index >= 15 is 0 Å². The number of carbonyl (C=O) groups excluding carboxylic acids is 2. The molecular weight excluding hydrogens is 450 g/mol. The second-order valence-electron chi connectivity index (χ2n) is 7.28. The summed E-state index contributed by atoms with van der Waals surface area (Å²) < 4.78 is 0. The molecule has 4 rings (SSSR count). The molecule has 2 amide bonds. The molecule has 3 aromatic rings. The number of carbonyl (C=O) groups is 2. The van der Waals surface area contributed by atoms with Gasteiger partial charge in [0.1, 0.15) is 5.01 Å². The minimum absolute atomic E-state index is 0.0517. The standard InChI is InChI=1S/C23H22ClN3O2S2/c1-15-12-16(23(29)27-8-10-30-11-9-27)6-7-20(15)26-21(28)13-17-14-31-22(25-17)18-4-2-3-5-19(18)24/h2-7,12,14H,8-11,13H2,1H3,(H,26,28). The van der Waals surface area contributed by atoms with Crippen molar-refractivity contribution in [3.63, 3.8) is 0 Å². The maximum Gasteiger partial charge on any atom is 0.253 e. The van der Waals surface area contributed by atoms with Crippen molar-refractivity contribution in [2.45, 2.75) is 13.3 Å². The third kappa shape index (κ3) is 5.29. The van der Waals surface area contributed by atoms with Crippen LogP contribution in [0.25, 0.3) is 10.6 Å². The largest absolute Gasteiger partial charge is 0.337 e. The molecule has 0 bridgehead atoms. The maximum absolute atomic E-state index is 12.7. The molecule has 5 nitrogen and oxygen atoms in total. The Morgan fingerprint density at radius 1 is 1.16 bits per heavy atom. The zero-order valence-corrected chi connectivity index (χ0v) is 19.4. The van der Waals surface area contributed by atoms with E-state index in [9.17, 15) is 9.59 Å². The van der Waals surface area contributed by atoms with Crippen LogP contribution in [0.4, 0.5) is 5.69 Å². The number of anilines is 1. The molecule has 0 unspecified atom stereocenters. The normalized spacial score (nSPS) is 13.8. The summed E-state index contributed by atoms with van der Waals surface area (Å²) in [6, 6.07) is 13.0. The molecule has 0 radical (unpaired) electrons. The Hall–Kier alpha value is -2.35. The van der Waals surface area contributed by atoms with E-state index in [4.69, 9.17) is 11.6 Å². The van der Waals surface area contributed by atoms with Crippen molar-refractivity contribution in [2.24, 2.45) is 0 Å². The van der Waals surface area contributed by atoms with Crippen molar-refractivity contribution < 1.29 is 9.59 Å². The number of rotatable bonds is 5. The summed E-state index contributed by atoms with van der Waals surface area (Å²) in [4.78, 5) is 31.7. The quantitative estimate of drug-likeness (QED) is 0.559. The second kappa shape index (κ2) is 9.85. The highest BCUT2D eigenvalue weighted by molar-refractivity contribution is 7.99. The highest BCUT2D eigenvalue weighted by Gasteiger charge is 2.19. The molecule has 2 aromatic carbocycles. The molecule has 31 heavy (non-hydrogen) atoms. The van der Waals surface area contributed by atoms with Gasteiger partial charge in [0.15, 0.2) is 0 Å². The molecule has 1 saturated heterocycles. The maximum atomic E-state index is 12.7. The zero-order chi connectivity index (χ0) is 21.8. The number of nitrogens with one attached hydrogen (secondary N) is 1. The molecule has 0 spiro atoms. The van der Waals surface area contributed by atoms with Crippen LogP contribution in [-0.4, -0.2) is 46.3 Å². The van der Waals surface area contributed by atoms with Crippen LogP contribution in [0.5, 0.6) is 0 Å². The fourth-order valence-electron chi connectivity index (χ4n) is 3.39. The van der Waals surface area contributed by atoms with Gasteiger partial charge in [-0.25, -0.2) is 4.98 Å². The number of thiazole rings is 1. The highest BCUT2D eigenvalue weighted by atomic mass is 35.5. The van der Waals surface area contributed by atoms with Crippen molar-refractivity contribution in [1.29, 1.82) is 0 Å². The lowest BCUT2D eigenvalue weighted by molar-refractivity contribution is -0.115.